The van der Waals surface area contributed by atoms with Gasteiger partial charge in [0.15, 0.2) is 0 Å². The van der Waals surface area contributed by atoms with Gasteiger partial charge in [0.25, 0.3) is 0 Å². The van der Waals surface area contributed by atoms with Gasteiger partial charge in [-0.25, -0.2) is 0 Å². The molecule has 0 aliphatic carbocycles. The molecule has 0 radical (unpaired) electrons. The van der Waals surface area contributed by atoms with Crippen molar-refractivity contribution in [1.29, 1.82) is 0 Å². The van der Waals surface area contributed by atoms with Gasteiger partial charge in [0.1, 0.15) is 11.4 Å². The van der Waals surface area contributed by atoms with E-state index in [1.54, 1.807) is 4.80 Å². The van der Waals surface area contributed by atoms with Crippen LogP contribution in [0.4, 0.5) is 0 Å². The van der Waals surface area contributed by atoms with Crippen molar-refractivity contribution in [3.8, 4) is 11.3 Å². The summed E-state index contributed by atoms with van der Waals surface area (Å²) in [4.78, 5) is 1.80. The Hall–Kier alpha value is -1.68. The molecular weight excluding hydrogens is 236 g/mol. The fourth-order valence-corrected chi connectivity index (χ4v) is 1.91. The van der Waals surface area contributed by atoms with Crippen LogP contribution in [0, 0.1) is 0 Å². The summed E-state index contributed by atoms with van der Waals surface area (Å²) in [7, 11) is 0. The van der Waals surface area contributed by atoms with Crippen LogP contribution in [0.3, 0.4) is 0 Å². The van der Waals surface area contributed by atoms with E-state index in [9.17, 15) is 0 Å². The zero-order valence-electron chi connectivity index (χ0n) is 11.9. The van der Waals surface area contributed by atoms with E-state index in [1.807, 2.05) is 18.2 Å². The quantitative estimate of drug-likeness (QED) is 0.810. The molecule has 0 spiro atoms. The topological polar surface area (TPSA) is 42.7 Å². The molecule has 0 aliphatic rings. The summed E-state index contributed by atoms with van der Waals surface area (Å²) in [5, 5.41) is 12.6. The number of nitrogens with one attached hydrogen (secondary N) is 1. The normalized spacial score (nSPS) is 11.2. The van der Waals surface area contributed by atoms with Gasteiger partial charge in [-0.15, -0.1) is 0 Å². The minimum absolute atomic E-state index is 0.280. The summed E-state index contributed by atoms with van der Waals surface area (Å²) in [6, 6.07) is 10.5. The molecule has 4 heteroatoms. The van der Waals surface area contributed by atoms with Crippen LogP contribution in [-0.4, -0.2) is 21.5 Å². The predicted molar refractivity (Wildman–Crippen MR) is 77.8 cm³/mol. The predicted octanol–water partition coefficient (Wildman–Crippen LogP) is 3.03. The Morgan fingerprint density at radius 3 is 2.53 bits per heavy atom. The highest BCUT2D eigenvalue weighted by Crippen LogP contribution is 2.21. The Kier molecular flexibility index (Phi) is 4.68. The average molecular weight is 258 g/mol. The summed E-state index contributed by atoms with van der Waals surface area (Å²) in [6.07, 6.45) is 1.12. The van der Waals surface area contributed by atoms with Gasteiger partial charge in [-0.2, -0.15) is 15.0 Å². The molecule has 0 atom stereocenters. The fraction of sp³-hybridized carbons (Fsp3) is 0.467. The second-order valence-electron chi connectivity index (χ2n) is 4.95. The van der Waals surface area contributed by atoms with E-state index in [-0.39, 0.29) is 6.04 Å². The summed E-state index contributed by atoms with van der Waals surface area (Å²) in [5.41, 5.74) is 3.13. The summed E-state index contributed by atoms with van der Waals surface area (Å²) >= 11 is 0. The maximum absolute atomic E-state index is 4.62. The number of aromatic nitrogens is 3. The first-order chi connectivity index (χ1) is 9.22. The summed E-state index contributed by atoms with van der Waals surface area (Å²) in [5.74, 6) is 0. The Balaban J connectivity index is 2.29. The Bertz CT molecular complexity index is 502. The van der Waals surface area contributed by atoms with Gasteiger partial charge in [0.2, 0.25) is 0 Å². The molecule has 0 unspecified atom stereocenters. The summed E-state index contributed by atoms with van der Waals surface area (Å²) < 4.78 is 0. The lowest BCUT2D eigenvalue weighted by molar-refractivity contribution is 0.461. The second-order valence-corrected chi connectivity index (χ2v) is 4.95. The highest BCUT2D eigenvalue weighted by atomic mass is 15.5. The summed E-state index contributed by atoms with van der Waals surface area (Å²) in [6.45, 7) is 8.12. The van der Waals surface area contributed by atoms with E-state index in [0.29, 0.717) is 0 Å². The lowest BCUT2D eigenvalue weighted by Gasteiger charge is -2.02. The maximum Gasteiger partial charge on any atom is 0.117 e. The number of hydrogen-bond acceptors (Lipinski definition) is 3. The molecule has 4 nitrogen and oxygen atoms in total. The lowest BCUT2D eigenvalue weighted by Crippen LogP contribution is -2.15. The molecule has 1 aromatic carbocycles. The molecule has 2 aromatic rings. The van der Waals surface area contributed by atoms with Crippen LogP contribution in [0.2, 0.25) is 0 Å². The monoisotopic (exact) mass is 258 g/mol. The van der Waals surface area contributed by atoms with Gasteiger partial charge in [-0.3, -0.25) is 0 Å². The van der Waals surface area contributed by atoms with Crippen LogP contribution >= 0.6 is 0 Å². The molecule has 0 saturated carbocycles. The minimum atomic E-state index is 0.280. The zero-order chi connectivity index (χ0) is 13.7. The molecule has 0 bridgehead atoms. The van der Waals surface area contributed by atoms with E-state index >= 15 is 0 Å². The Labute approximate surface area is 114 Å². The highest BCUT2D eigenvalue weighted by Gasteiger charge is 2.13. The van der Waals surface area contributed by atoms with Gasteiger partial charge >= 0.3 is 0 Å². The largest absolute Gasteiger partial charge is 0.311 e. The number of benzene rings is 1. The maximum atomic E-state index is 4.62. The molecule has 2 rings (SSSR count). The van der Waals surface area contributed by atoms with Crippen molar-refractivity contribution in [3.05, 3.63) is 36.0 Å². The van der Waals surface area contributed by atoms with E-state index in [4.69, 9.17) is 0 Å². The molecule has 19 heavy (non-hydrogen) atoms. The zero-order valence-corrected chi connectivity index (χ0v) is 11.9. The molecule has 1 aromatic heterocycles. The number of rotatable bonds is 6. The van der Waals surface area contributed by atoms with Crippen molar-refractivity contribution in [2.24, 2.45) is 0 Å². The molecular formula is C15H22N4. The van der Waals surface area contributed by atoms with Crippen LogP contribution in [0.5, 0.6) is 0 Å². The second kappa shape index (κ2) is 6.48. The van der Waals surface area contributed by atoms with Crippen LogP contribution in [0.1, 0.15) is 38.9 Å². The molecule has 1 N–H and O–H groups in total. The molecule has 102 valence electrons. The molecule has 0 amide bonds. The van der Waals surface area contributed by atoms with Crippen LogP contribution in [-0.2, 0) is 6.54 Å². The molecule has 0 aliphatic heterocycles. The van der Waals surface area contributed by atoms with E-state index in [2.05, 4.69) is 48.4 Å². The first-order valence-corrected chi connectivity index (χ1v) is 6.94. The van der Waals surface area contributed by atoms with E-state index < -0.39 is 0 Å². The Morgan fingerprint density at radius 2 is 1.89 bits per heavy atom. The van der Waals surface area contributed by atoms with Crippen molar-refractivity contribution in [3.63, 3.8) is 0 Å². The van der Waals surface area contributed by atoms with Crippen molar-refractivity contribution in [1.82, 2.24) is 20.3 Å². The molecule has 0 saturated heterocycles. The minimum Gasteiger partial charge on any atom is -0.311 e. The third-order valence-corrected chi connectivity index (χ3v) is 2.93. The third-order valence-electron chi connectivity index (χ3n) is 2.93. The van der Waals surface area contributed by atoms with Crippen molar-refractivity contribution >= 4 is 0 Å². The average Bonchev–Trinajstić information content (AvgIpc) is 2.84. The van der Waals surface area contributed by atoms with Crippen molar-refractivity contribution in [2.45, 2.75) is 39.8 Å². The van der Waals surface area contributed by atoms with Gasteiger partial charge in [0.05, 0.1) is 6.04 Å². The van der Waals surface area contributed by atoms with Crippen LogP contribution in [0.25, 0.3) is 11.3 Å². The van der Waals surface area contributed by atoms with Crippen molar-refractivity contribution in [2.75, 3.05) is 6.54 Å². The van der Waals surface area contributed by atoms with Gasteiger partial charge < -0.3 is 5.32 Å². The first kappa shape index (κ1) is 13.7. The van der Waals surface area contributed by atoms with E-state index in [1.165, 1.54) is 0 Å². The third kappa shape index (κ3) is 3.41. The first-order valence-electron chi connectivity index (χ1n) is 6.94. The number of nitrogens with zero attached hydrogens (tertiary/aromatic N) is 3. The molecule has 1 heterocycles. The van der Waals surface area contributed by atoms with Gasteiger partial charge in [-0.05, 0) is 26.8 Å². The SMILES string of the molecule is CCCNCc1nn(C(C)C)nc1-c1ccccc1. The van der Waals surface area contributed by atoms with Crippen LogP contribution < -0.4 is 5.32 Å². The van der Waals surface area contributed by atoms with E-state index in [0.717, 1.165) is 36.5 Å². The smallest absolute Gasteiger partial charge is 0.117 e. The van der Waals surface area contributed by atoms with Crippen molar-refractivity contribution < 1.29 is 0 Å². The number of hydrogen-bond donors (Lipinski definition) is 1. The van der Waals surface area contributed by atoms with Gasteiger partial charge in [0, 0.05) is 12.1 Å². The van der Waals surface area contributed by atoms with Gasteiger partial charge in [-0.1, -0.05) is 37.3 Å². The fourth-order valence-electron chi connectivity index (χ4n) is 1.91. The van der Waals surface area contributed by atoms with Crippen LogP contribution in [0.15, 0.2) is 30.3 Å². The molecule has 0 fully saturated rings. The standard InChI is InChI=1S/C15H22N4/c1-4-10-16-11-14-15(13-8-6-5-7-9-13)18-19(17-14)12(2)3/h5-9,12,16H,4,10-11H2,1-3H3. The highest BCUT2D eigenvalue weighted by molar-refractivity contribution is 5.60. The Morgan fingerprint density at radius 1 is 1.16 bits per heavy atom. The lowest BCUT2D eigenvalue weighted by atomic mass is 10.1.